The van der Waals surface area contributed by atoms with Crippen LogP contribution in [0, 0.1) is 17.2 Å². The average molecular weight is 810 g/mol. The third kappa shape index (κ3) is 7.62. The summed E-state index contributed by atoms with van der Waals surface area (Å²) in [6.07, 6.45) is 6.62. The number of nitrogens with zero attached hydrogens (tertiary/aromatic N) is 5. The van der Waals surface area contributed by atoms with Crippen LogP contribution < -0.4 is 0 Å². The van der Waals surface area contributed by atoms with Crippen molar-refractivity contribution in [1.29, 1.82) is 5.26 Å². The molecule has 0 aliphatic heterocycles. The van der Waals surface area contributed by atoms with Crippen LogP contribution in [0.25, 0.3) is 90.1 Å². The van der Waals surface area contributed by atoms with E-state index in [1.807, 2.05) is 78.9 Å². The predicted molar refractivity (Wildman–Crippen MR) is 254 cm³/mol. The summed E-state index contributed by atoms with van der Waals surface area (Å²) in [5.74, 6) is 2.27. The van der Waals surface area contributed by atoms with Crippen molar-refractivity contribution in [3.63, 3.8) is 0 Å². The normalized spacial score (nSPS) is 16.5. The Bertz CT molecular complexity index is 3160. The molecule has 11 rings (SSSR count). The Morgan fingerprint density at radius 1 is 0.381 bits per heavy atom. The second kappa shape index (κ2) is 16.2. The molecule has 2 saturated carbocycles. The predicted octanol–water partition coefficient (Wildman–Crippen LogP) is 14.3. The Labute approximate surface area is 368 Å². The van der Waals surface area contributed by atoms with E-state index < -0.39 is 0 Å². The molecule has 0 N–H and O–H groups in total. The van der Waals surface area contributed by atoms with Crippen molar-refractivity contribution in [3.05, 3.63) is 205 Å². The van der Waals surface area contributed by atoms with Gasteiger partial charge in [0.2, 0.25) is 0 Å². The zero-order valence-electron chi connectivity index (χ0n) is 34.8. The molecule has 2 aromatic heterocycles. The van der Waals surface area contributed by atoms with Crippen LogP contribution in [0.15, 0.2) is 194 Å². The van der Waals surface area contributed by atoms with Gasteiger partial charge in [-0.25, -0.2) is 19.9 Å². The molecule has 5 heteroatoms. The molecule has 2 aliphatic carbocycles. The number of hydrogen-bond acceptors (Lipinski definition) is 5. The van der Waals surface area contributed by atoms with E-state index in [0.29, 0.717) is 16.8 Å². The Balaban J connectivity index is 0.938. The van der Waals surface area contributed by atoms with E-state index in [1.165, 1.54) is 37.7 Å². The van der Waals surface area contributed by atoms with Crippen LogP contribution in [0.1, 0.15) is 43.2 Å². The van der Waals surface area contributed by atoms with Crippen molar-refractivity contribution in [1.82, 2.24) is 19.9 Å². The maximum absolute atomic E-state index is 9.53. The Kier molecular flexibility index (Phi) is 9.82. The number of nitriles is 1. The summed E-state index contributed by atoms with van der Waals surface area (Å²) >= 11 is 0. The molecule has 0 saturated heterocycles. The van der Waals surface area contributed by atoms with Crippen LogP contribution in [-0.4, -0.2) is 19.9 Å². The summed E-state index contributed by atoms with van der Waals surface area (Å²) in [6.45, 7) is 0. The molecule has 63 heavy (non-hydrogen) atoms. The fraction of sp³-hybridized carbons (Fsp3) is 0.121. The third-order valence-electron chi connectivity index (χ3n) is 13.2. The highest BCUT2D eigenvalue weighted by molar-refractivity contribution is 5.79. The zero-order chi connectivity index (χ0) is 42.2. The van der Waals surface area contributed by atoms with Gasteiger partial charge in [0.25, 0.3) is 0 Å². The molecule has 2 heterocycles. The number of benzene rings is 7. The summed E-state index contributed by atoms with van der Waals surface area (Å²) in [5.41, 5.74) is 16.2. The van der Waals surface area contributed by atoms with E-state index in [1.54, 1.807) is 0 Å². The van der Waals surface area contributed by atoms with E-state index in [4.69, 9.17) is 19.9 Å². The minimum Gasteiger partial charge on any atom is -0.228 e. The highest BCUT2D eigenvalue weighted by Crippen LogP contribution is 2.55. The molecule has 2 aliphatic rings. The second-order valence-corrected chi connectivity index (χ2v) is 17.1. The largest absolute Gasteiger partial charge is 0.228 e. The second-order valence-electron chi connectivity index (χ2n) is 17.1. The third-order valence-corrected chi connectivity index (χ3v) is 13.2. The molecule has 7 aromatic carbocycles. The monoisotopic (exact) mass is 809 g/mol. The lowest BCUT2D eigenvalue weighted by molar-refractivity contribution is 0.419. The van der Waals surface area contributed by atoms with E-state index in [9.17, 15) is 5.26 Å². The minimum atomic E-state index is 0.321. The zero-order valence-corrected chi connectivity index (χ0v) is 34.8. The van der Waals surface area contributed by atoms with Crippen molar-refractivity contribution >= 4 is 0 Å². The first-order valence-corrected chi connectivity index (χ1v) is 21.9. The molecule has 9 aromatic rings. The van der Waals surface area contributed by atoms with Crippen LogP contribution in [0.4, 0.5) is 0 Å². The van der Waals surface area contributed by atoms with Gasteiger partial charge in [-0.3, -0.25) is 0 Å². The number of hydrogen-bond donors (Lipinski definition) is 0. The Morgan fingerprint density at radius 3 is 1.33 bits per heavy atom. The van der Waals surface area contributed by atoms with Gasteiger partial charge >= 0.3 is 0 Å². The number of rotatable bonds is 9. The van der Waals surface area contributed by atoms with Gasteiger partial charge in [0.15, 0.2) is 11.6 Å². The maximum Gasteiger partial charge on any atom is 0.160 e. The van der Waals surface area contributed by atoms with Crippen LogP contribution in [0.5, 0.6) is 0 Å². The average Bonchev–Trinajstić information content (AvgIpc) is 4.00. The molecule has 5 nitrogen and oxygen atoms in total. The van der Waals surface area contributed by atoms with Crippen LogP contribution in [0.2, 0.25) is 0 Å². The Morgan fingerprint density at radius 2 is 0.810 bits per heavy atom. The highest BCUT2D eigenvalue weighted by atomic mass is 14.9. The standard InChI is InChI=1S/C58H43N5/c59-38-40-11-7-16-45(31-40)47-18-9-20-49(33-47)53-35-52(60-56(61-53)43-12-3-1-4-13-43)42-25-23-41(24-26-42)46-17-8-19-48(32-46)54-36-55(63-57(62-54)44-14-5-2-6-15-44)50-21-10-22-51(34-50)58-29-27-39(37-58)28-30-58/h1-26,31-36,39H,27-30,37H2. The summed E-state index contributed by atoms with van der Waals surface area (Å²) < 4.78 is 0. The van der Waals surface area contributed by atoms with Gasteiger partial charge in [0.1, 0.15) is 0 Å². The fourth-order valence-corrected chi connectivity index (χ4v) is 9.84. The summed E-state index contributed by atoms with van der Waals surface area (Å²) in [7, 11) is 0. The first kappa shape index (κ1) is 38.1. The van der Waals surface area contributed by atoms with Crippen molar-refractivity contribution in [2.75, 3.05) is 0 Å². The Hall–Kier alpha value is -7.81. The first-order valence-electron chi connectivity index (χ1n) is 21.9. The molecular formula is C58H43N5. The molecule has 300 valence electrons. The van der Waals surface area contributed by atoms with Gasteiger partial charge in [-0.15, -0.1) is 0 Å². The van der Waals surface area contributed by atoms with Gasteiger partial charge < -0.3 is 0 Å². The quantitative estimate of drug-likeness (QED) is 0.145. The molecule has 2 bridgehead atoms. The summed E-state index contributed by atoms with van der Waals surface area (Å²) in [4.78, 5) is 20.6. The lowest BCUT2D eigenvalue weighted by atomic mass is 9.77. The van der Waals surface area contributed by atoms with Gasteiger partial charge in [0, 0.05) is 33.4 Å². The smallest absolute Gasteiger partial charge is 0.160 e. The minimum absolute atomic E-state index is 0.321. The molecule has 2 fully saturated rings. The molecular weight excluding hydrogens is 767 g/mol. The fourth-order valence-electron chi connectivity index (χ4n) is 9.84. The van der Waals surface area contributed by atoms with Gasteiger partial charge in [0.05, 0.1) is 34.4 Å². The number of aromatic nitrogens is 4. The molecule has 0 radical (unpaired) electrons. The van der Waals surface area contributed by atoms with Crippen LogP contribution in [0.3, 0.4) is 0 Å². The van der Waals surface area contributed by atoms with Crippen molar-refractivity contribution in [2.24, 2.45) is 5.92 Å². The van der Waals surface area contributed by atoms with Gasteiger partial charge in [-0.05, 0) is 114 Å². The van der Waals surface area contributed by atoms with E-state index in [2.05, 4.69) is 121 Å². The SMILES string of the molecule is N#Cc1cccc(-c2cccc(-c3cc(-c4ccc(-c5cccc(-c6cc(-c7cccc(C89CCC(CC8)C9)c7)nc(-c7ccccc7)n6)c5)cc4)nc(-c4ccccc4)n3)c2)c1. The molecule has 0 unspecified atom stereocenters. The lowest BCUT2D eigenvalue weighted by Gasteiger charge is -2.27. The van der Waals surface area contributed by atoms with Gasteiger partial charge in [-0.2, -0.15) is 5.26 Å². The molecule has 0 spiro atoms. The topological polar surface area (TPSA) is 75.3 Å². The first-order chi connectivity index (χ1) is 31.1. The van der Waals surface area contributed by atoms with E-state index in [-0.39, 0.29) is 0 Å². The molecule has 0 amide bonds. The van der Waals surface area contributed by atoms with Crippen molar-refractivity contribution in [2.45, 2.75) is 37.5 Å². The summed E-state index contributed by atoms with van der Waals surface area (Å²) in [5, 5.41) is 9.53. The van der Waals surface area contributed by atoms with Crippen molar-refractivity contribution in [3.8, 4) is 96.1 Å². The van der Waals surface area contributed by atoms with Crippen LogP contribution >= 0.6 is 0 Å². The van der Waals surface area contributed by atoms with E-state index in [0.717, 1.165) is 90.2 Å². The maximum atomic E-state index is 9.53. The highest BCUT2D eigenvalue weighted by Gasteiger charge is 2.45. The van der Waals surface area contributed by atoms with Crippen LogP contribution in [-0.2, 0) is 5.41 Å². The number of fused-ring (bicyclic) bond motifs is 2. The van der Waals surface area contributed by atoms with E-state index >= 15 is 0 Å². The van der Waals surface area contributed by atoms with Gasteiger partial charge in [-0.1, -0.05) is 152 Å². The summed E-state index contributed by atoms with van der Waals surface area (Å²) in [6, 6.07) is 69.4. The molecule has 0 atom stereocenters. The van der Waals surface area contributed by atoms with Crippen molar-refractivity contribution < 1.29 is 0 Å². The lowest BCUT2D eigenvalue weighted by Crippen LogP contribution is -2.19.